The van der Waals surface area contributed by atoms with Gasteiger partial charge >= 0.3 is 0 Å². The van der Waals surface area contributed by atoms with Crippen LogP contribution in [0.4, 0.5) is 0 Å². The van der Waals surface area contributed by atoms with E-state index in [1.807, 2.05) is 48.5 Å². The molecule has 2 nitrogen and oxygen atoms in total. The zero-order valence-electron chi connectivity index (χ0n) is 14.2. The van der Waals surface area contributed by atoms with E-state index in [1.54, 1.807) is 0 Å². The standard InChI is InChI=1S/C21H23NO/c1-14(2)22(15(3)4)20-17-12-8-9-13-18(17)21(23)19(20)16-10-6-5-7-11-16/h5-15H,1-4H3. The van der Waals surface area contributed by atoms with Crippen LogP contribution in [0.2, 0.25) is 0 Å². The molecule has 0 aromatic heterocycles. The maximum atomic E-state index is 13.1. The lowest BCUT2D eigenvalue weighted by Gasteiger charge is -2.35. The van der Waals surface area contributed by atoms with Crippen molar-refractivity contribution in [1.29, 1.82) is 0 Å². The second kappa shape index (κ2) is 6.04. The molecule has 0 saturated carbocycles. The van der Waals surface area contributed by atoms with Crippen LogP contribution in [0, 0.1) is 0 Å². The molecule has 0 saturated heterocycles. The molecule has 0 bridgehead atoms. The number of hydrogen-bond acceptors (Lipinski definition) is 2. The Bertz CT molecular complexity index is 748. The minimum Gasteiger partial charge on any atom is -0.366 e. The molecule has 0 heterocycles. The van der Waals surface area contributed by atoms with Crippen LogP contribution >= 0.6 is 0 Å². The molecule has 0 spiro atoms. The van der Waals surface area contributed by atoms with Crippen LogP contribution in [0.25, 0.3) is 11.3 Å². The first-order valence-corrected chi connectivity index (χ1v) is 8.24. The lowest BCUT2D eigenvalue weighted by molar-refractivity contribution is 0.105. The molecule has 0 N–H and O–H groups in total. The lowest BCUT2D eigenvalue weighted by atomic mass is 10.0. The van der Waals surface area contributed by atoms with Crippen molar-refractivity contribution in [3.05, 3.63) is 71.3 Å². The highest BCUT2D eigenvalue weighted by molar-refractivity contribution is 6.39. The first kappa shape index (κ1) is 15.5. The molecule has 118 valence electrons. The van der Waals surface area contributed by atoms with Gasteiger partial charge in [-0.15, -0.1) is 0 Å². The van der Waals surface area contributed by atoms with Crippen molar-refractivity contribution in [2.75, 3.05) is 0 Å². The summed E-state index contributed by atoms with van der Waals surface area (Å²) in [5.74, 6) is 0.133. The highest BCUT2D eigenvalue weighted by Gasteiger charge is 2.34. The molecule has 2 aromatic carbocycles. The number of Topliss-reactive ketones (excluding diaryl/α,β-unsaturated/α-hetero) is 1. The van der Waals surface area contributed by atoms with Gasteiger partial charge in [0.15, 0.2) is 5.78 Å². The van der Waals surface area contributed by atoms with E-state index in [4.69, 9.17) is 0 Å². The van der Waals surface area contributed by atoms with Gasteiger partial charge in [-0.1, -0.05) is 54.6 Å². The van der Waals surface area contributed by atoms with Crippen molar-refractivity contribution in [3.8, 4) is 0 Å². The minimum absolute atomic E-state index is 0.133. The zero-order chi connectivity index (χ0) is 16.6. The van der Waals surface area contributed by atoms with Gasteiger partial charge in [0.25, 0.3) is 0 Å². The second-order valence-electron chi connectivity index (χ2n) is 6.56. The molecule has 0 unspecified atom stereocenters. The number of allylic oxidation sites excluding steroid dienone is 1. The van der Waals surface area contributed by atoms with E-state index in [-0.39, 0.29) is 5.78 Å². The van der Waals surface area contributed by atoms with Gasteiger partial charge in [-0.05, 0) is 33.3 Å². The summed E-state index contributed by atoms with van der Waals surface area (Å²) in [6.45, 7) is 8.73. The number of benzene rings is 2. The molecule has 3 rings (SSSR count). The SMILES string of the molecule is CC(C)N(C1=C(c2ccccc2)C(=O)c2ccccc21)C(C)C. The molecule has 2 heteroatoms. The highest BCUT2D eigenvalue weighted by atomic mass is 16.1. The summed E-state index contributed by atoms with van der Waals surface area (Å²) in [7, 11) is 0. The normalized spacial score (nSPS) is 13.9. The zero-order valence-corrected chi connectivity index (χ0v) is 14.2. The van der Waals surface area contributed by atoms with Gasteiger partial charge in [-0.25, -0.2) is 0 Å². The Morgan fingerprint density at radius 2 is 1.26 bits per heavy atom. The molecule has 2 aromatic rings. The van der Waals surface area contributed by atoms with Crippen LogP contribution in [-0.2, 0) is 0 Å². The average molecular weight is 305 g/mol. The molecular weight excluding hydrogens is 282 g/mol. The lowest BCUT2D eigenvalue weighted by Crippen LogP contribution is -2.35. The molecule has 0 aliphatic heterocycles. The van der Waals surface area contributed by atoms with Crippen molar-refractivity contribution in [3.63, 3.8) is 0 Å². The van der Waals surface area contributed by atoms with Crippen LogP contribution in [0.3, 0.4) is 0 Å². The maximum Gasteiger partial charge on any atom is 0.196 e. The Morgan fingerprint density at radius 1 is 0.739 bits per heavy atom. The third kappa shape index (κ3) is 2.59. The number of hydrogen-bond donors (Lipinski definition) is 0. The maximum absolute atomic E-state index is 13.1. The number of nitrogens with zero attached hydrogens (tertiary/aromatic N) is 1. The van der Waals surface area contributed by atoms with E-state index in [0.29, 0.717) is 12.1 Å². The van der Waals surface area contributed by atoms with Crippen LogP contribution in [0.5, 0.6) is 0 Å². The van der Waals surface area contributed by atoms with E-state index in [9.17, 15) is 4.79 Å². The van der Waals surface area contributed by atoms with Crippen molar-refractivity contribution in [1.82, 2.24) is 4.90 Å². The highest BCUT2D eigenvalue weighted by Crippen LogP contribution is 2.41. The Balaban J connectivity index is 2.29. The summed E-state index contributed by atoms with van der Waals surface area (Å²) in [6.07, 6.45) is 0. The van der Waals surface area contributed by atoms with Gasteiger partial charge in [-0.3, -0.25) is 4.79 Å². The Morgan fingerprint density at radius 3 is 1.83 bits per heavy atom. The van der Waals surface area contributed by atoms with Gasteiger partial charge in [0.1, 0.15) is 0 Å². The topological polar surface area (TPSA) is 20.3 Å². The smallest absolute Gasteiger partial charge is 0.196 e. The molecule has 0 fully saturated rings. The van der Waals surface area contributed by atoms with Crippen molar-refractivity contribution >= 4 is 17.1 Å². The fourth-order valence-corrected chi connectivity index (χ4v) is 3.52. The Labute approximate surface area is 138 Å². The number of carbonyl (C=O) groups is 1. The van der Waals surface area contributed by atoms with Gasteiger partial charge in [-0.2, -0.15) is 0 Å². The fourth-order valence-electron chi connectivity index (χ4n) is 3.52. The first-order chi connectivity index (χ1) is 11.0. The quantitative estimate of drug-likeness (QED) is 0.803. The fraction of sp³-hybridized carbons (Fsp3) is 0.286. The summed E-state index contributed by atoms with van der Waals surface area (Å²) >= 11 is 0. The number of ketones is 1. The number of carbonyl (C=O) groups excluding carboxylic acids is 1. The van der Waals surface area contributed by atoms with Crippen molar-refractivity contribution < 1.29 is 4.79 Å². The predicted molar refractivity (Wildman–Crippen MR) is 96.1 cm³/mol. The first-order valence-electron chi connectivity index (χ1n) is 8.24. The molecule has 0 amide bonds. The predicted octanol–water partition coefficient (Wildman–Crippen LogP) is 4.87. The minimum atomic E-state index is 0.133. The summed E-state index contributed by atoms with van der Waals surface area (Å²) in [5, 5.41) is 0. The molecule has 0 radical (unpaired) electrons. The van der Waals surface area contributed by atoms with Gasteiger partial charge in [0, 0.05) is 23.2 Å². The van der Waals surface area contributed by atoms with E-state index in [2.05, 4.69) is 38.7 Å². The molecule has 0 atom stereocenters. The van der Waals surface area contributed by atoms with Crippen molar-refractivity contribution in [2.24, 2.45) is 0 Å². The van der Waals surface area contributed by atoms with E-state index < -0.39 is 0 Å². The molecule has 1 aliphatic carbocycles. The van der Waals surface area contributed by atoms with Crippen LogP contribution < -0.4 is 0 Å². The Hall–Kier alpha value is -2.35. The van der Waals surface area contributed by atoms with Gasteiger partial charge in [0.2, 0.25) is 0 Å². The average Bonchev–Trinajstić information content (AvgIpc) is 2.81. The van der Waals surface area contributed by atoms with Crippen LogP contribution in [-0.4, -0.2) is 22.8 Å². The van der Waals surface area contributed by atoms with Gasteiger partial charge < -0.3 is 4.90 Å². The number of rotatable bonds is 4. The summed E-state index contributed by atoms with van der Waals surface area (Å²) < 4.78 is 0. The van der Waals surface area contributed by atoms with E-state index in [1.165, 1.54) is 0 Å². The summed E-state index contributed by atoms with van der Waals surface area (Å²) in [4.78, 5) is 15.4. The monoisotopic (exact) mass is 305 g/mol. The molecular formula is C21H23NO. The van der Waals surface area contributed by atoms with Crippen molar-refractivity contribution in [2.45, 2.75) is 39.8 Å². The van der Waals surface area contributed by atoms with Crippen LogP contribution in [0.1, 0.15) is 49.2 Å². The van der Waals surface area contributed by atoms with E-state index >= 15 is 0 Å². The summed E-state index contributed by atoms with van der Waals surface area (Å²) in [6, 6.07) is 18.6. The third-order valence-corrected chi connectivity index (χ3v) is 4.32. The number of fused-ring (bicyclic) bond motifs is 1. The Kier molecular flexibility index (Phi) is 4.08. The van der Waals surface area contributed by atoms with Crippen LogP contribution in [0.15, 0.2) is 54.6 Å². The molecule has 1 aliphatic rings. The molecule has 23 heavy (non-hydrogen) atoms. The largest absolute Gasteiger partial charge is 0.366 e. The summed E-state index contributed by atoms with van der Waals surface area (Å²) in [5.41, 5.74) is 4.76. The van der Waals surface area contributed by atoms with E-state index in [0.717, 1.165) is 28.0 Å². The van der Waals surface area contributed by atoms with Gasteiger partial charge in [0.05, 0.1) is 11.3 Å². The third-order valence-electron chi connectivity index (χ3n) is 4.32. The second-order valence-corrected chi connectivity index (χ2v) is 6.56.